The van der Waals surface area contributed by atoms with Gasteiger partial charge in [-0.3, -0.25) is 4.79 Å². The van der Waals surface area contributed by atoms with Gasteiger partial charge in [-0.15, -0.1) is 0 Å². The molecule has 3 aromatic carbocycles. The quantitative estimate of drug-likeness (QED) is 0.601. The predicted molar refractivity (Wildman–Crippen MR) is 131 cm³/mol. The molecule has 0 saturated carbocycles. The summed E-state index contributed by atoms with van der Waals surface area (Å²) in [5, 5.41) is 3.12. The van der Waals surface area contributed by atoms with Crippen LogP contribution in [0, 0.1) is 0 Å². The van der Waals surface area contributed by atoms with Gasteiger partial charge in [0.05, 0.1) is 10.3 Å². The first-order valence-corrected chi connectivity index (χ1v) is 13.0. The number of nitrogens with zero attached hydrogens (tertiary/aromatic N) is 1. The number of hydrogen-bond donors (Lipinski definition) is 1. The maximum absolute atomic E-state index is 13.6. The molecule has 0 aromatic heterocycles. The van der Waals surface area contributed by atoms with E-state index in [1.54, 1.807) is 30.3 Å². The number of amides is 1. The van der Waals surface area contributed by atoms with Crippen LogP contribution in [0.3, 0.4) is 0 Å². The molecule has 0 unspecified atom stereocenters. The Morgan fingerprint density at radius 1 is 0.882 bits per heavy atom. The summed E-state index contributed by atoms with van der Waals surface area (Å²) in [5.74, 6) is -0.0495. The zero-order valence-corrected chi connectivity index (χ0v) is 19.8. The summed E-state index contributed by atoms with van der Waals surface area (Å²) in [6.07, 6.45) is 1.88. The maximum Gasteiger partial charge on any atom is 0.243 e. The standard InChI is InChI=1S/C27H28N2O4S/c30-26(27(14-17-33-18-15-27)23-7-3-1-4-8-23)28-24-12-11-21-13-16-29(20-22(21)19-24)34(31,32)25-9-5-2-6-10-25/h1-12,19H,13-18,20H2,(H,28,30). The van der Waals surface area contributed by atoms with E-state index < -0.39 is 15.4 Å². The molecule has 176 valence electrons. The second-order valence-electron chi connectivity index (χ2n) is 8.90. The number of fused-ring (bicyclic) bond motifs is 1. The lowest BCUT2D eigenvalue weighted by Gasteiger charge is -2.36. The average molecular weight is 477 g/mol. The number of rotatable bonds is 5. The van der Waals surface area contributed by atoms with Crippen molar-refractivity contribution in [2.75, 3.05) is 25.1 Å². The fraction of sp³-hybridized carbons (Fsp3) is 0.296. The fourth-order valence-electron chi connectivity index (χ4n) is 4.93. The molecular formula is C27H28N2O4S. The van der Waals surface area contributed by atoms with E-state index in [9.17, 15) is 13.2 Å². The molecule has 1 amide bonds. The Morgan fingerprint density at radius 2 is 1.56 bits per heavy atom. The van der Waals surface area contributed by atoms with Crippen molar-refractivity contribution in [3.63, 3.8) is 0 Å². The lowest BCUT2D eigenvalue weighted by molar-refractivity contribution is -0.125. The molecule has 1 N–H and O–H groups in total. The number of hydrogen-bond acceptors (Lipinski definition) is 4. The lowest BCUT2D eigenvalue weighted by atomic mass is 9.73. The largest absolute Gasteiger partial charge is 0.381 e. The Labute approximate surface area is 200 Å². The van der Waals surface area contributed by atoms with Crippen molar-refractivity contribution in [3.05, 3.63) is 95.6 Å². The lowest BCUT2D eigenvalue weighted by Crippen LogP contribution is -2.44. The van der Waals surface area contributed by atoms with E-state index >= 15 is 0 Å². The summed E-state index contributed by atoms with van der Waals surface area (Å²) in [4.78, 5) is 13.9. The molecule has 1 saturated heterocycles. The van der Waals surface area contributed by atoms with Crippen molar-refractivity contribution in [1.82, 2.24) is 4.31 Å². The molecule has 0 radical (unpaired) electrons. The summed E-state index contributed by atoms with van der Waals surface area (Å²) in [5.41, 5.74) is 3.07. The number of carbonyl (C=O) groups excluding carboxylic acids is 1. The first-order valence-electron chi connectivity index (χ1n) is 11.6. The molecule has 34 heavy (non-hydrogen) atoms. The summed E-state index contributed by atoms with van der Waals surface area (Å²) >= 11 is 0. The molecule has 1 fully saturated rings. The highest BCUT2D eigenvalue weighted by molar-refractivity contribution is 7.89. The van der Waals surface area contributed by atoms with Crippen LogP contribution < -0.4 is 5.32 Å². The SMILES string of the molecule is O=C(Nc1ccc2c(c1)CN(S(=O)(=O)c1ccccc1)CC2)C1(c2ccccc2)CCOCC1. The van der Waals surface area contributed by atoms with Gasteiger partial charge in [-0.1, -0.05) is 54.6 Å². The van der Waals surface area contributed by atoms with Crippen LogP contribution in [0.4, 0.5) is 5.69 Å². The van der Waals surface area contributed by atoms with Crippen LogP contribution in [-0.4, -0.2) is 38.4 Å². The Morgan fingerprint density at radius 3 is 2.26 bits per heavy atom. The van der Waals surface area contributed by atoms with Gasteiger partial charge in [-0.05, 0) is 60.2 Å². The van der Waals surface area contributed by atoms with Crippen molar-refractivity contribution < 1.29 is 17.9 Å². The van der Waals surface area contributed by atoms with Crippen molar-refractivity contribution in [2.45, 2.75) is 36.1 Å². The third-order valence-corrected chi connectivity index (χ3v) is 8.79. The van der Waals surface area contributed by atoms with Crippen LogP contribution in [0.15, 0.2) is 83.8 Å². The Balaban J connectivity index is 1.39. The highest BCUT2D eigenvalue weighted by Gasteiger charge is 2.41. The molecule has 2 aliphatic heterocycles. The van der Waals surface area contributed by atoms with E-state index in [0.29, 0.717) is 49.6 Å². The summed E-state index contributed by atoms with van der Waals surface area (Å²) in [7, 11) is -3.57. The number of sulfonamides is 1. The van der Waals surface area contributed by atoms with Gasteiger partial charge in [0.2, 0.25) is 15.9 Å². The van der Waals surface area contributed by atoms with E-state index in [1.807, 2.05) is 48.5 Å². The van der Waals surface area contributed by atoms with Crippen LogP contribution in [-0.2, 0) is 37.9 Å². The second-order valence-corrected chi connectivity index (χ2v) is 10.8. The average Bonchev–Trinajstić information content (AvgIpc) is 2.89. The number of ether oxygens (including phenoxy) is 1. The van der Waals surface area contributed by atoms with Crippen molar-refractivity contribution in [1.29, 1.82) is 0 Å². The summed E-state index contributed by atoms with van der Waals surface area (Å²) < 4.78 is 33.3. The van der Waals surface area contributed by atoms with E-state index in [4.69, 9.17) is 4.74 Å². The van der Waals surface area contributed by atoms with E-state index in [1.165, 1.54) is 4.31 Å². The molecule has 0 aliphatic carbocycles. The molecule has 3 aromatic rings. The monoisotopic (exact) mass is 476 g/mol. The molecule has 0 bridgehead atoms. The molecule has 7 heteroatoms. The first kappa shape index (κ1) is 22.8. The number of benzene rings is 3. The number of nitrogens with one attached hydrogen (secondary N) is 1. The zero-order chi connectivity index (χ0) is 23.6. The van der Waals surface area contributed by atoms with Gasteiger partial charge in [0.1, 0.15) is 0 Å². The van der Waals surface area contributed by atoms with Crippen molar-refractivity contribution in [2.24, 2.45) is 0 Å². The van der Waals surface area contributed by atoms with Gasteiger partial charge in [0.15, 0.2) is 0 Å². The number of carbonyl (C=O) groups is 1. The smallest absolute Gasteiger partial charge is 0.243 e. The van der Waals surface area contributed by atoms with Gasteiger partial charge in [0.25, 0.3) is 0 Å². The van der Waals surface area contributed by atoms with Gasteiger partial charge in [-0.25, -0.2) is 8.42 Å². The van der Waals surface area contributed by atoms with Crippen LogP contribution in [0.5, 0.6) is 0 Å². The molecular weight excluding hydrogens is 448 g/mol. The van der Waals surface area contributed by atoms with Gasteiger partial charge < -0.3 is 10.1 Å². The summed E-state index contributed by atoms with van der Waals surface area (Å²) in [6, 6.07) is 24.2. The van der Waals surface area contributed by atoms with Gasteiger partial charge in [-0.2, -0.15) is 4.31 Å². The van der Waals surface area contributed by atoms with E-state index in [0.717, 1.165) is 16.7 Å². The minimum Gasteiger partial charge on any atom is -0.381 e. The van der Waals surface area contributed by atoms with Crippen LogP contribution in [0.25, 0.3) is 0 Å². The normalized spacial score (nSPS) is 18.1. The molecule has 5 rings (SSSR count). The van der Waals surface area contributed by atoms with Crippen LogP contribution in [0.2, 0.25) is 0 Å². The topological polar surface area (TPSA) is 75.7 Å². The highest BCUT2D eigenvalue weighted by Crippen LogP contribution is 2.36. The molecule has 0 spiro atoms. The maximum atomic E-state index is 13.6. The van der Waals surface area contributed by atoms with Crippen LogP contribution >= 0.6 is 0 Å². The Kier molecular flexibility index (Phi) is 6.25. The Bertz CT molecular complexity index is 1270. The minimum atomic E-state index is -3.57. The number of anilines is 1. The predicted octanol–water partition coefficient (Wildman–Crippen LogP) is 4.12. The molecule has 6 nitrogen and oxygen atoms in total. The fourth-order valence-corrected chi connectivity index (χ4v) is 6.37. The van der Waals surface area contributed by atoms with Crippen LogP contribution in [0.1, 0.15) is 29.5 Å². The molecule has 2 aliphatic rings. The second kappa shape index (κ2) is 9.33. The summed E-state index contributed by atoms with van der Waals surface area (Å²) in [6.45, 7) is 1.80. The molecule has 2 heterocycles. The third kappa shape index (κ3) is 4.27. The highest BCUT2D eigenvalue weighted by atomic mass is 32.2. The first-order chi connectivity index (χ1) is 16.5. The van der Waals surface area contributed by atoms with Gasteiger partial charge >= 0.3 is 0 Å². The molecule has 0 atom stereocenters. The van der Waals surface area contributed by atoms with Crippen molar-refractivity contribution >= 4 is 21.6 Å². The Hall–Kier alpha value is -3.00. The van der Waals surface area contributed by atoms with Crippen molar-refractivity contribution in [3.8, 4) is 0 Å². The van der Waals surface area contributed by atoms with E-state index in [2.05, 4.69) is 5.32 Å². The third-order valence-electron chi connectivity index (χ3n) is 6.93. The zero-order valence-electron chi connectivity index (χ0n) is 18.9. The van der Waals surface area contributed by atoms with Gasteiger partial charge in [0, 0.05) is 32.0 Å². The van der Waals surface area contributed by atoms with E-state index in [-0.39, 0.29) is 12.5 Å². The minimum absolute atomic E-state index is 0.0495.